The maximum absolute atomic E-state index is 12.9. The van der Waals surface area contributed by atoms with Gasteiger partial charge in [0, 0.05) is 26.2 Å². The van der Waals surface area contributed by atoms with Crippen LogP contribution in [0.4, 0.5) is 5.82 Å². The molecule has 0 atom stereocenters. The molecule has 2 heterocycles. The number of nitrogens with zero attached hydrogens (tertiary/aromatic N) is 4. The molecule has 1 saturated heterocycles. The molecule has 2 aromatic rings. The predicted octanol–water partition coefficient (Wildman–Crippen LogP) is 2.14. The zero-order valence-corrected chi connectivity index (χ0v) is 16.6. The molecule has 0 bridgehead atoms. The van der Waals surface area contributed by atoms with Gasteiger partial charge in [0.25, 0.3) is 0 Å². The van der Waals surface area contributed by atoms with Crippen LogP contribution in [-0.2, 0) is 22.9 Å². The molecule has 1 aromatic heterocycles. The summed E-state index contributed by atoms with van der Waals surface area (Å²) in [6.07, 6.45) is 3.17. The molecule has 2 aliphatic rings. The minimum Gasteiger partial charge on any atom is -0.495 e. The van der Waals surface area contributed by atoms with Crippen molar-refractivity contribution in [2.45, 2.75) is 24.2 Å². The number of aromatic nitrogens is 2. The van der Waals surface area contributed by atoms with Crippen LogP contribution < -0.4 is 9.64 Å². The minimum absolute atomic E-state index is 0.180. The van der Waals surface area contributed by atoms with Crippen LogP contribution in [-0.4, -0.2) is 56.2 Å². The first-order valence-electron chi connectivity index (χ1n) is 8.93. The first-order chi connectivity index (χ1) is 13.0. The van der Waals surface area contributed by atoms with Crippen molar-refractivity contribution in [1.82, 2.24) is 14.5 Å². The molecule has 0 amide bonds. The molecule has 0 spiro atoms. The van der Waals surface area contributed by atoms with Gasteiger partial charge in [0.1, 0.15) is 5.75 Å². The molecule has 1 aliphatic carbocycles. The van der Waals surface area contributed by atoms with Gasteiger partial charge in [-0.3, -0.25) is 0 Å². The summed E-state index contributed by atoms with van der Waals surface area (Å²) in [5.74, 6) is 1.29. The van der Waals surface area contributed by atoms with E-state index in [-0.39, 0.29) is 9.92 Å². The fraction of sp³-hybridized carbons (Fsp3) is 0.444. The number of benzene rings is 1. The summed E-state index contributed by atoms with van der Waals surface area (Å²) in [5, 5.41) is 8.94. The predicted molar refractivity (Wildman–Crippen MR) is 103 cm³/mol. The third-order valence-corrected chi connectivity index (χ3v) is 7.32. The highest BCUT2D eigenvalue weighted by Crippen LogP contribution is 2.29. The number of hydrogen-bond donors (Lipinski definition) is 0. The maximum atomic E-state index is 12.9. The Labute approximate surface area is 164 Å². The lowest BCUT2D eigenvalue weighted by molar-refractivity contribution is 0.383. The molecule has 4 rings (SSSR count). The van der Waals surface area contributed by atoms with Gasteiger partial charge in [-0.15, -0.1) is 5.10 Å². The fourth-order valence-corrected chi connectivity index (χ4v) is 5.36. The number of methoxy groups -OCH3 is 1. The van der Waals surface area contributed by atoms with E-state index in [4.69, 9.17) is 16.3 Å². The summed E-state index contributed by atoms with van der Waals surface area (Å²) in [4.78, 5) is 2.28. The third-order valence-electron chi connectivity index (χ3n) is 5.13. The molecule has 0 N–H and O–H groups in total. The Bertz CT molecular complexity index is 959. The summed E-state index contributed by atoms with van der Waals surface area (Å²) >= 11 is 6.09. The molecule has 7 nitrogen and oxygen atoms in total. The summed E-state index contributed by atoms with van der Waals surface area (Å²) < 4.78 is 32.4. The summed E-state index contributed by atoms with van der Waals surface area (Å²) in [6, 6.07) is 6.64. The van der Waals surface area contributed by atoms with Crippen molar-refractivity contribution < 1.29 is 13.2 Å². The number of anilines is 1. The molecular weight excluding hydrogens is 388 g/mol. The Morgan fingerprint density at radius 3 is 2.56 bits per heavy atom. The summed E-state index contributed by atoms with van der Waals surface area (Å²) in [6.45, 7) is 1.95. The lowest BCUT2D eigenvalue weighted by Gasteiger charge is -2.34. The van der Waals surface area contributed by atoms with Gasteiger partial charge >= 0.3 is 0 Å². The third kappa shape index (κ3) is 3.49. The van der Waals surface area contributed by atoms with Crippen LogP contribution in [0.25, 0.3) is 0 Å². The van der Waals surface area contributed by atoms with E-state index >= 15 is 0 Å². The Morgan fingerprint density at radius 1 is 1.07 bits per heavy atom. The smallest absolute Gasteiger partial charge is 0.243 e. The zero-order valence-electron chi connectivity index (χ0n) is 15.1. The number of aryl methyl sites for hydroxylation is 2. The van der Waals surface area contributed by atoms with Gasteiger partial charge in [-0.25, -0.2) is 8.42 Å². The number of ether oxygens (including phenoxy) is 1. The summed E-state index contributed by atoms with van der Waals surface area (Å²) in [5.41, 5.74) is 2.36. The van der Waals surface area contributed by atoms with Gasteiger partial charge in [-0.05, 0) is 49.1 Å². The molecule has 1 fully saturated rings. The maximum Gasteiger partial charge on any atom is 0.243 e. The van der Waals surface area contributed by atoms with E-state index < -0.39 is 10.0 Å². The van der Waals surface area contributed by atoms with Crippen molar-refractivity contribution in [3.05, 3.63) is 40.5 Å². The highest BCUT2D eigenvalue weighted by Gasteiger charge is 2.30. The van der Waals surface area contributed by atoms with Crippen molar-refractivity contribution in [3.8, 4) is 5.75 Å². The first-order valence-corrected chi connectivity index (χ1v) is 10.7. The quantitative estimate of drug-likeness (QED) is 0.771. The Hall–Kier alpha value is -1.90. The minimum atomic E-state index is -3.59. The molecular formula is C18H21ClN4O3S. The normalized spacial score (nSPS) is 17.8. The lowest BCUT2D eigenvalue weighted by atomic mass is 10.2. The molecule has 0 saturated carbocycles. The molecule has 144 valence electrons. The molecule has 1 aliphatic heterocycles. The van der Waals surface area contributed by atoms with Gasteiger partial charge in [0.05, 0.1) is 22.7 Å². The lowest BCUT2D eigenvalue weighted by Crippen LogP contribution is -2.49. The van der Waals surface area contributed by atoms with Gasteiger partial charge in [0.2, 0.25) is 10.0 Å². The van der Waals surface area contributed by atoms with Crippen LogP contribution in [0.1, 0.15) is 17.7 Å². The number of sulfonamides is 1. The van der Waals surface area contributed by atoms with Crippen molar-refractivity contribution in [2.24, 2.45) is 0 Å². The second-order valence-electron chi connectivity index (χ2n) is 6.72. The van der Waals surface area contributed by atoms with E-state index in [1.807, 2.05) is 0 Å². The highest BCUT2D eigenvalue weighted by molar-refractivity contribution is 7.89. The van der Waals surface area contributed by atoms with Crippen LogP contribution >= 0.6 is 11.6 Å². The van der Waals surface area contributed by atoms with Gasteiger partial charge in [0.15, 0.2) is 5.82 Å². The number of halogens is 1. The van der Waals surface area contributed by atoms with Crippen LogP contribution in [0, 0.1) is 0 Å². The Morgan fingerprint density at radius 2 is 1.85 bits per heavy atom. The second kappa shape index (κ2) is 7.26. The van der Waals surface area contributed by atoms with E-state index in [9.17, 15) is 8.42 Å². The van der Waals surface area contributed by atoms with Crippen molar-refractivity contribution in [1.29, 1.82) is 0 Å². The van der Waals surface area contributed by atoms with E-state index in [0.29, 0.717) is 31.9 Å². The van der Waals surface area contributed by atoms with Crippen molar-refractivity contribution in [3.63, 3.8) is 0 Å². The number of piperazine rings is 1. The van der Waals surface area contributed by atoms with Crippen molar-refractivity contribution >= 4 is 27.4 Å². The van der Waals surface area contributed by atoms with Crippen LogP contribution in [0.5, 0.6) is 5.75 Å². The standard InChI is InChI=1S/C18H21ClN4O3S/c1-26-17-6-5-14(12-15(17)19)27(24,25)23-9-7-22(8-10-23)18-11-13-3-2-4-16(13)20-21-18/h5-6,11-12H,2-4,7-10H2,1H3. The van der Waals surface area contributed by atoms with Gasteiger partial charge in [-0.1, -0.05) is 11.6 Å². The van der Waals surface area contributed by atoms with E-state index in [2.05, 4.69) is 21.2 Å². The monoisotopic (exact) mass is 408 g/mol. The molecule has 27 heavy (non-hydrogen) atoms. The summed E-state index contributed by atoms with van der Waals surface area (Å²) in [7, 11) is -2.10. The number of rotatable bonds is 4. The van der Waals surface area contributed by atoms with E-state index in [0.717, 1.165) is 30.8 Å². The molecule has 0 unspecified atom stereocenters. The van der Waals surface area contributed by atoms with Crippen molar-refractivity contribution in [2.75, 3.05) is 38.2 Å². The Kier molecular flexibility index (Phi) is 4.96. The SMILES string of the molecule is COc1ccc(S(=O)(=O)N2CCN(c3cc4c(nn3)CCC4)CC2)cc1Cl. The van der Waals surface area contributed by atoms with E-state index in [1.54, 1.807) is 6.07 Å². The molecule has 1 aromatic carbocycles. The first kappa shape index (κ1) is 18.5. The van der Waals surface area contributed by atoms with Gasteiger partial charge < -0.3 is 9.64 Å². The second-order valence-corrected chi connectivity index (χ2v) is 9.06. The number of hydrogen-bond acceptors (Lipinski definition) is 6. The Balaban J connectivity index is 1.47. The van der Waals surface area contributed by atoms with E-state index in [1.165, 1.54) is 29.1 Å². The largest absolute Gasteiger partial charge is 0.495 e. The van der Waals surface area contributed by atoms with Crippen LogP contribution in [0.2, 0.25) is 5.02 Å². The molecule has 0 radical (unpaired) electrons. The average Bonchev–Trinajstić information content (AvgIpc) is 3.16. The fourth-order valence-electron chi connectivity index (χ4n) is 3.59. The topological polar surface area (TPSA) is 75.6 Å². The zero-order chi connectivity index (χ0) is 19.0. The number of fused-ring (bicyclic) bond motifs is 1. The van der Waals surface area contributed by atoms with Crippen LogP contribution in [0.15, 0.2) is 29.2 Å². The average molecular weight is 409 g/mol. The molecule has 9 heteroatoms. The van der Waals surface area contributed by atoms with Crippen LogP contribution in [0.3, 0.4) is 0 Å². The highest BCUT2D eigenvalue weighted by atomic mass is 35.5. The van der Waals surface area contributed by atoms with Gasteiger partial charge in [-0.2, -0.15) is 9.40 Å².